The summed E-state index contributed by atoms with van der Waals surface area (Å²) in [7, 11) is 0. The van der Waals surface area contributed by atoms with E-state index in [0.29, 0.717) is 0 Å². The van der Waals surface area contributed by atoms with Gasteiger partial charge in [0, 0.05) is 18.9 Å². The van der Waals surface area contributed by atoms with E-state index in [9.17, 15) is 14.7 Å². The van der Waals surface area contributed by atoms with Gasteiger partial charge in [-0.15, -0.1) is 0 Å². The van der Waals surface area contributed by atoms with Gasteiger partial charge in [-0.25, -0.2) is 4.79 Å². The van der Waals surface area contributed by atoms with Crippen LogP contribution in [0.5, 0.6) is 0 Å². The van der Waals surface area contributed by atoms with Crippen LogP contribution in [0.15, 0.2) is 0 Å². The highest BCUT2D eigenvalue weighted by atomic mass is 16.5. The topological polar surface area (TPSA) is 99.1 Å². The highest BCUT2D eigenvalue weighted by Gasteiger charge is 2.42. The Balaban J connectivity index is 2.07. The predicted octanol–water partition coefficient (Wildman–Crippen LogP) is -1.21. The number of carbonyl (C=O) groups is 2. The Morgan fingerprint density at radius 3 is 2.76 bits per heavy atom. The molecule has 96 valence electrons. The molecule has 0 radical (unpaired) electrons. The van der Waals surface area contributed by atoms with Gasteiger partial charge in [-0.2, -0.15) is 0 Å². The number of rotatable bonds is 2. The maximum Gasteiger partial charge on any atom is 0.326 e. The zero-order valence-electron chi connectivity index (χ0n) is 9.50. The number of amides is 3. The summed E-state index contributed by atoms with van der Waals surface area (Å²) in [5.74, 6) is -0.309. The van der Waals surface area contributed by atoms with Crippen LogP contribution in [0.2, 0.25) is 0 Å². The first-order valence-corrected chi connectivity index (χ1v) is 5.59. The predicted molar refractivity (Wildman–Crippen MR) is 55.8 cm³/mol. The van der Waals surface area contributed by atoms with Crippen molar-refractivity contribution in [1.82, 2.24) is 10.2 Å². The summed E-state index contributed by atoms with van der Waals surface area (Å²) in [6.45, 7) is 1.46. The van der Waals surface area contributed by atoms with E-state index in [0.717, 1.165) is 0 Å². The van der Waals surface area contributed by atoms with Crippen molar-refractivity contribution >= 4 is 11.9 Å². The molecular weight excluding hydrogens is 228 g/mol. The second-order valence-corrected chi connectivity index (χ2v) is 4.43. The van der Waals surface area contributed by atoms with E-state index in [2.05, 4.69) is 5.32 Å². The molecule has 2 saturated heterocycles. The van der Waals surface area contributed by atoms with Gasteiger partial charge in [0.1, 0.15) is 12.3 Å². The molecule has 3 N–H and O–H groups in total. The minimum Gasteiger partial charge on any atom is -0.394 e. The van der Waals surface area contributed by atoms with Crippen LogP contribution in [0.25, 0.3) is 0 Å². The van der Waals surface area contributed by atoms with Gasteiger partial charge in [0.05, 0.1) is 12.7 Å². The molecule has 0 aromatic carbocycles. The first kappa shape index (κ1) is 12.3. The standard InChI is InChI=1S/C10H16N2O5/c1-5-2-8(15)11-10(16)12(5)9-3-6(14)7(4-13)17-9/h5-7,9,13-14H,2-4H2,1H3,(H,11,15,16). The molecule has 0 saturated carbocycles. The van der Waals surface area contributed by atoms with Gasteiger partial charge in [0.15, 0.2) is 0 Å². The van der Waals surface area contributed by atoms with Crippen molar-refractivity contribution in [3.63, 3.8) is 0 Å². The Morgan fingerprint density at radius 2 is 2.24 bits per heavy atom. The molecule has 7 nitrogen and oxygen atoms in total. The monoisotopic (exact) mass is 244 g/mol. The molecule has 2 heterocycles. The van der Waals surface area contributed by atoms with Crippen molar-refractivity contribution in [3.8, 4) is 0 Å². The van der Waals surface area contributed by atoms with E-state index in [1.807, 2.05) is 0 Å². The van der Waals surface area contributed by atoms with Crippen LogP contribution >= 0.6 is 0 Å². The summed E-state index contributed by atoms with van der Waals surface area (Å²) >= 11 is 0. The van der Waals surface area contributed by atoms with Gasteiger partial charge in [-0.3, -0.25) is 15.0 Å². The van der Waals surface area contributed by atoms with Gasteiger partial charge in [-0.05, 0) is 6.92 Å². The second-order valence-electron chi connectivity index (χ2n) is 4.43. The lowest BCUT2D eigenvalue weighted by atomic mass is 10.1. The fraction of sp³-hybridized carbons (Fsp3) is 0.800. The molecule has 17 heavy (non-hydrogen) atoms. The lowest BCUT2D eigenvalue weighted by Gasteiger charge is -2.36. The fourth-order valence-corrected chi connectivity index (χ4v) is 2.27. The van der Waals surface area contributed by atoms with E-state index in [-0.39, 0.29) is 31.4 Å². The Labute approximate surface area is 98.3 Å². The van der Waals surface area contributed by atoms with E-state index in [4.69, 9.17) is 9.84 Å². The van der Waals surface area contributed by atoms with E-state index < -0.39 is 24.5 Å². The normalized spacial score (nSPS) is 38.4. The molecule has 0 spiro atoms. The Kier molecular flexibility index (Phi) is 3.32. The van der Waals surface area contributed by atoms with Crippen LogP contribution in [0.1, 0.15) is 19.8 Å². The van der Waals surface area contributed by atoms with Crippen molar-refractivity contribution in [2.45, 2.75) is 44.2 Å². The Bertz CT molecular complexity index is 335. The smallest absolute Gasteiger partial charge is 0.326 e. The van der Waals surface area contributed by atoms with E-state index in [1.165, 1.54) is 4.90 Å². The number of nitrogens with zero attached hydrogens (tertiary/aromatic N) is 1. The molecule has 4 atom stereocenters. The minimum absolute atomic E-state index is 0.214. The molecule has 0 aromatic rings. The molecule has 4 unspecified atom stereocenters. The number of carbonyl (C=O) groups excluding carboxylic acids is 2. The van der Waals surface area contributed by atoms with E-state index >= 15 is 0 Å². The second kappa shape index (κ2) is 4.59. The highest BCUT2D eigenvalue weighted by Crippen LogP contribution is 2.26. The van der Waals surface area contributed by atoms with Crippen LogP contribution < -0.4 is 5.32 Å². The van der Waals surface area contributed by atoms with Gasteiger partial charge >= 0.3 is 6.03 Å². The molecule has 2 aliphatic heterocycles. The fourth-order valence-electron chi connectivity index (χ4n) is 2.27. The summed E-state index contributed by atoms with van der Waals surface area (Å²) in [6.07, 6.45) is -1.59. The third-order valence-electron chi connectivity index (χ3n) is 3.13. The molecule has 2 fully saturated rings. The lowest BCUT2D eigenvalue weighted by Crippen LogP contribution is -2.57. The molecule has 0 bridgehead atoms. The van der Waals surface area contributed by atoms with Crippen LogP contribution in [0.4, 0.5) is 4.79 Å². The van der Waals surface area contributed by atoms with Crippen LogP contribution in [0, 0.1) is 0 Å². The van der Waals surface area contributed by atoms with Crippen molar-refractivity contribution in [1.29, 1.82) is 0 Å². The van der Waals surface area contributed by atoms with Gasteiger partial charge < -0.3 is 14.9 Å². The third-order valence-corrected chi connectivity index (χ3v) is 3.13. The Hall–Kier alpha value is -1.18. The highest BCUT2D eigenvalue weighted by molar-refractivity contribution is 5.97. The maximum atomic E-state index is 11.7. The summed E-state index contributed by atoms with van der Waals surface area (Å²) in [4.78, 5) is 24.2. The maximum absolute atomic E-state index is 11.7. The molecule has 0 aliphatic carbocycles. The summed E-state index contributed by atoms with van der Waals surface area (Å²) in [5.41, 5.74) is 0. The quantitative estimate of drug-likeness (QED) is 0.566. The van der Waals surface area contributed by atoms with Crippen molar-refractivity contribution < 1.29 is 24.5 Å². The van der Waals surface area contributed by atoms with Crippen molar-refractivity contribution in [2.75, 3.05) is 6.61 Å². The van der Waals surface area contributed by atoms with Gasteiger partial charge in [0.25, 0.3) is 0 Å². The molecule has 0 aromatic heterocycles. The number of urea groups is 1. The number of hydrogen-bond donors (Lipinski definition) is 3. The largest absolute Gasteiger partial charge is 0.394 e. The first-order chi connectivity index (χ1) is 8.02. The zero-order valence-corrected chi connectivity index (χ0v) is 9.50. The number of aliphatic hydroxyl groups is 2. The molecule has 2 aliphatic rings. The van der Waals surface area contributed by atoms with Gasteiger partial charge in [-0.1, -0.05) is 0 Å². The molecule has 7 heteroatoms. The Morgan fingerprint density at radius 1 is 1.53 bits per heavy atom. The minimum atomic E-state index is -0.789. The molecule has 3 amide bonds. The van der Waals surface area contributed by atoms with Crippen LogP contribution in [0.3, 0.4) is 0 Å². The van der Waals surface area contributed by atoms with E-state index in [1.54, 1.807) is 6.92 Å². The average molecular weight is 244 g/mol. The number of aliphatic hydroxyl groups excluding tert-OH is 2. The lowest BCUT2D eigenvalue weighted by molar-refractivity contribution is -0.126. The summed E-state index contributed by atoms with van der Waals surface area (Å²) < 4.78 is 5.39. The van der Waals surface area contributed by atoms with Crippen molar-refractivity contribution in [3.05, 3.63) is 0 Å². The third kappa shape index (κ3) is 2.26. The zero-order chi connectivity index (χ0) is 12.6. The molecular formula is C10H16N2O5. The number of hydrogen-bond acceptors (Lipinski definition) is 5. The number of ether oxygens (including phenoxy) is 1. The number of nitrogens with one attached hydrogen (secondary N) is 1. The molecule has 2 rings (SSSR count). The number of imide groups is 1. The van der Waals surface area contributed by atoms with Crippen molar-refractivity contribution in [2.24, 2.45) is 0 Å². The van der Waals surface area contributed by atoms with Crippen LogP contribution in [-0.4, -0.2) is 58.1 Å². The SMILES string of the molecule is CC1CC(=O)NC(=O)N1C1CC(O)C(CO)O1. The first-order valence-electron chi connectivity index (χ1n) is 5.59. The summed E-state index contributed by atoms with van der Waals surface area (Å²) in [5, 5.41) is 20.8. The average Bonchev–Trinajstić information content (AvgIpc) is 2.57. The summed E-state index contributed by atoms with van der Waals surface area (Å²) in [6, 6.07) is -0.782. The van der Waals surface area contributed by atoms with Crippen LogP contribution in [-0.2, 0) is 9.53 Å². The van der Waals surface area contributed by atoms with Gasteiger partial charge in [0.2, 0.25) is 5.91 Å².